The highest BCUT2D eigenvalue weighted by Gasteiger charge is 2.51. The summed E-state index contributed by atoms with van der Waals surface area (Å²) in [5, 5.41) is 10.8. The molecular weight excluding hydrogens is 220 g/mol. The summed E-state index contributed by atoms with van der Waals surface area (Å²) in [5.41, 5.74) is -0.141. The standard InChI is InChI=1S/C10H15F2NO3/c1-10(2)4-5(10)8(14)13-6(9(15)16)3-7(11)12/h5-7H,3-4H2,1-2H3,(H,13,14)(H,15,16). The van der Waals surface area contributed by atoms with E-state index < -0.39 is 30.8 Å². The van der Waals surface area contributed by atoms with Crippen LogP contribution < -0.4 is 5.32 Å². The van der Waals surface area contributed by atoms with Crippen LogP contribution in [0.2, 0.25) is 0 Å². The number of hydrogen-bond donors (Lipinski definition) is 2. The number of rotatable bonds is 5. The Hall–Kier alpha value is -1.20. The molecule has 4 nitrogen and oxygen atoms in total. The number of aliphatic carboxylic acids is 1. The van der Waals surface area contributed by atoms with Gasteiger partial charge in [0.25, 0.3) is 0 Å². The van der Waals surface area contributed by atoms with Crippen molar-refractivity contribution < 1.29 is 23.5 Å². The number of alkyl halides is 2. The zero-order valence-corrected chi connectivity index (χ0v) is 9.17. The van der Waals surface area contributed by atoms with Crippen molar-refractivity contribution in [3.05, 3.63) is 0 Å². The second kappa shape index (κ2) is 4.35. The third-order valence-electron chi connectivity index (χ3n) is 2.86. The number of carboxylic acid groups (broad SMARTS) is 1. The minimum Gasteiger partial charge on any atom is -0.480 e. The van der Waals surface area contributed by atoms with Gasteiger partial charge >= 0.3 is 5.97 Å². The van der Waals surface area contributed by atoms with E-state index in [0.717, 1.165) is 0 Å². The van der Waals surface area contributed by atoms with Crippen LogP contribution in [0.5, 0.6) is 0 Å². The maximum atomic E-state index is 12.0. The molecule has 2 atom stereocenters. The molecule has 0 aliphatic heterocycles. The Morgan fingerprint density at radius 1 is 1.50 bits per heavy atom. The van der Waals surface area contributed by atoms with Crippen LogP contribution in [-0.2, 0) is 9.59 Å². The average Bonchev–Trinajstić information content (AvgIpc) is 2.73. The lowest BCUT2D eigenvalue weighted by molar-refractivity contribution is -0.143. The number of halogens is 2. The highest BCUT2D eigenvalue weighted by atomic mass is 19.3. The summed E-state index contributed by atoms with van der Waals surface area (Å²) in [6.07, 6.45) is -2.93. The molecule has 0 heterocycles. The zero-order chi connectivity index (χ0) is 12.5. The molecule has 0 saturated heterocycles. The van der Waals surface area contributed by atoms with E-state index in [-0.39, 0.29) is 11.3 Å². The molecule has 1 amide bonds. The first-order chi connectivity index (χ1) is 7.24. The van der Waals surface area contributed by atoms with Crippen molar-refractivity contribution in [1.29, 1.82) is 0 Å². The first-order valence-corrected chi connectivity index (χ1v) is 5.05. The summed E-state index contributed by atoms with van der Waals surface area (Å²) >= 11 is 0. The Morgan fingerprint density at radius 2 is 2.00 bits per heavy atom. The summed E-state index contributed by atoms with van der Waals surface area (Å²) in [4.78, 5) is 22.1. The molecule has 1 aliphatic carbocycles. The van der Waals surface area contributed by atoms with Gasteiger partial charge in [-0.2, -0.15) is 0 Å². The molecule has 0 spiro atoms. The van der Waals surface area contributed by atoms with Crippen LogP contribution >= 0.6 is 0 Å². The van der Waals surface area contributed by atoms with Crippen molar-refractivity contribution in [2.75, 3.05) is 0 Å². The third-order valence-corrected chi connectivity index (χ3v) is 2.86. The molecule has 0 aromatic rings. The minimum absolute atomic E-state index is 0.141. The zero-order valence-electron chi connectivity index (χ0n) is 9.17. The highest BCUT2D eigenvalue weighted by molar-refractivity contribution is 5.87. The summed E-state index contributed by atoms with van der Waals surface area (Å²) < 4.78 is 24.1. The maximum absolute atomic E-state index is 12.0. The summed E-state index contributed by atoms with van der Waals surface area (Å²) in [7, 11) is 0. The van der Waals surface area contributed by atoms with Crippen LogP contribution in [0.4, 0.5) is 8.78 Å². The van der Waals surface area contributed by atoms with E-state index >= 15 is 0 Å². The predicted octanol–water partition coefficient (Wildman–Crippen LogP) is 1.26. The van der Waals surface area contributed by atoms with E-state index in [9.17, 15) is 18.4 Å². The fourth-order valence-electron chi connectivity index (χ4n) is 1.59. The van der Waals surface area contributed by atoms with Gasteiger partial charge in [-0.05, 0) is 11.8 Å². The summed E-state index contributed by atoms with van der Waals surface area (Å²) in [6.45, 7) is 3.75. The molecule has 1 rings (SSSR count). The van der Waals surface area contributed by atoms with Gasteiger partial charge in [0, 0.05) is 12.3 Å². The van der Waals surface area contributed by atoms with Crippen molar-refractivity contribution in [2.24, 2.45) is 11.3 Å². The average molecular weight is 235 g/mol. The van der Waals surface area contributed by atoms with Crippen LogP contribution in [0.25, 0.3) is 0 Å². The van der Waals surface area contributed by atoms with Gasteiger partial charge in [0.1, 0.15) is 6.04 Å². The lowest BCUT2D eigenvalue weighted by Crippen LogP contribution is -2.43. The molecular formula is C10H15F2NO3. The quantitative estimate of drug-likeness (QED) is 0.753. The van der Waals surface area contributed by atoms with E-state index in [2.05, 4.69) is 5.32 Å². The molecule has 6 heteroatoms. The van der Waals surface area contributed by atoms with Gasteiger partial charge in [0.2, 0.25) is 12.3 Å². The van der Waals surface area contributed by atoms with E-state index in [4.69, 9.17) is 5.11 Å². The Morgan fingerprint density at radius 3 is 2.31 bits per heavy atom. The van der Waals surface area contributed by atoms with Crippen LogP contribution in [0.1, 0.15) is 26.7 Å². The second-order valence-corrected chi connectivity index (χ2v) is 4.77. The minimum atomic E-state index is -2.74. The molecule has 2 unspecified atom stereocenters. The van der Waals surface area contributed by atoms with Gasteiger partial charge in [0.05, 0.1) is 0 Å². The lowest BCUT2D eigenvalue weighted by Gasteiger charge is -2.14. The third kappa shape index (κ3) is 3.15. The van der Waals surface area contributed by atoms with Crippen molar-refractivity contribution in [1.82, 2.24) is 5.32 Å². The van der Waals surface area contributed by atoms with Gasteiger partial charge in [-0.1, -0.05) is 13.8 Å². The molecule has 1 fully saturated rings. The first kappa shape index (κ1) is 12.9. The van der Waals surface area contributed by atoms with E-state index in [1.54, 1.807) is 0 Å². The number of nitrogens with one attached hydrogen (secondary N) is 1. The Labute approximate surface area is 92.0 Å². The Bertz CT molecular complexity index is 304. The number of hydrogen-bond acceptors (Lipinski definition) is 2. The lowest BCUT2D eigenvalue weighted by atomic mass is 10.1. The first-order valence-electron chi connectivity index (χ1n) is 5.05. The molecule has 1 aliphatic rings. The fraction of sp³-hybridized carbons (Fsp3) is 0.800. The largest absolute Gasteiger partial charge is 0.480 e. The summed E-state index contributed by atoms with van der Waals surface area (Å²) in [5.74, 6) is -2.13. The monoisotopic (exact) mass is 235 g/mol. The molecule has 0 aromatic carbocycles. The topological polar surface area (TPSA) is 66.4 Å². The Kier molecular flexibility index (Phi) is 3.50. The smallest absolute Gasteiger partial charge is 0.326 e. The Balaban J connectivity index is 2.49. The van der Waals surface area contributed by atoms with Crippen LogP contribution in [0.15, 0.2) is 0 Å². The number of carboxylic acids is 1. The van der Waals surface area contributed by atoms with Crippen LogP contribution in [0.3, 0.4) is 0 Å². The van der Waals surface area contributed by atoms with Crippen molar-refractivity contribution in [3.8, 4) is 0 Å². The van der Waals surface area contributed by atoms with Crippen molar-refractivity contribution in [2.45, 2.75) is 39.2 Å². The fourth-order valence-corrected chi connectivity index (χ4v) is 1.59. The van der Waals surface area contributed by atoms with Gasteiger partial charge in [-0.3, -0.25) is 4.79 Å². The maximum Gasteiger partial charge on any atom is 0.326 e. The molecule has 0 radical (unpaired) electrons. The highest BCUT2D eigenvalue weighted by Crippen LogP contribution is 2.51. The number of amides is 1. The predicted molar refractivity (Wildman–Crippen MR) is 52.1 cm³/mol. The van der Waals surface area contributed by atoms with E-state index in [1.807, 2.05) is 13.8 Å². The van der Waals surface area contributed by atoms with Gasteiger partial charge in [0.15, 0.2) is 0 Å². The second-order valence-electron chi connectivity index (χ2n) is 4.77. The van der Waals surface area contributed by atoms with E-state index in [1.165, 1.54) is 0 Å². The van der Waals surface area contributed by atoms with Crippen molar-refractivity contribution >= 4 is 11.9 Å². The van der Waals surface area contributed by atoms with Gasteiger partial charge in [-0.25, -0.2) is 13.6 Å². The molecule has 92 valence electrons. The van der Waals surface area contributed by atoms with Gasteiger partial charge in [-0.15, -0.1) is 0 Å². The molecule has 2 N–H and O–H groups in total. The van der Waals surface area contributed by atoms with Crippen molar-refractivity contribution in [3.63, 3.8) is 0 Å². The SMILES string of the molecule is CC1(C)CC1C(=O)NC(CC(F)F)C(=O)O. The summed E-state index contributed by atoms with van der Waals surface area (Å²) in [6, 6.07) is -1.50. The number of carbonyl (C=O) groups is 2. The van der Waals surface area contributed by atoms with Crippen LogP contribution in [0, 0.1) is 11.3 Å². The molecule has 1 saturated carbocycles. The number of carbonyl (C=O) groups excluding carboxylic acids is 1. The molecule has 0 bridgehead atoms. The van der Waals surface area contributed by atoms with E-state index in [0.29, 0.717) is 6.42 Å². The van der Waals surface area contributed by atoms with Crippen LogP contribution in [-0.4, -0.2) is 29.5 Å². The normalized spacial score (nSPS) is 23.9. The molecule has 16 heavy (non-hydrogen) atoms. The van der Waals surface area contributed by atoms with Gasteiger partial charge < -0.3 is 10.4 Å². The molecule has 0 aromatic heterocycles.